The topological polar surface area (TPSA) is 9.23 Å². The maximum absolute atomic E-state index is 6.46. The molecule has 0 spiro atoms. The van der Waals surface area contributed by atoms with Gasteiger partial charge in [-0.15, -0.1) is 0 Å². The third-order valence-electron chi connectivity index (χ3n) is 7.88. The summed E-state index contributed by atoms with van der Waals surface area (Å²) in [5, 5.41) is 2.60. The molecule has 0 aromatic heterocycles. The number of halogens is 2. The van der Waals surface area contributed by atoms with Crippen LogP contribution in [0.1, 0.15) is 76.2 Å². The summed E-state index contributed by atoms with van der Waals surface area (Å²) in [4.78, 5) is 0. The van der Waals surface area contributed by atoms with Crippen LogP contribution in [-0.4, -0.2) is 27.9 Å². The summed E-state index contributed by atoms with van der Waals surface area (Å²) in [6.07, 6.45) is 16.4. The van der Waals surface area contributed by atoms with Crippen LogP contribution in [0.15, 0.2) is 42.5 Å². The fourth-order valence-electron chi connectivity index (χ4n) is 6.42. The molecule has 1 nitrogen and oxygen atoms in total. The predicted molar refractivity (Wildman–Crippen MR) is 127 cm³/mol. The molecule has 3 fully saturated rings. The molecule has 176 valence electrons. The zero-order valence-corrected chi connectivity index (χ0v) is 22.9. The Labute approximate surface area is 217 Å². The van der Waals surface area contributed by atoms with E-state index in [2.05, 4.69) is 60.3 Å². The molecular weight excluding hydrogens is 543 g/mol. The van der Waals surface area contributed by atoms with Crippen LogP contribution in [-0.2, 0) is 22.6 Å². The third-order valence-corrected chi connectivity index (χ3v) is 12.8. The Bertz CT molecular complexity index is 863. The van der Waals surface area contributed by atoms with E-state index in [9.17, 15) is 0 Å². The molecule has 0 heterocycles. The molecule has 32 heavy (non-hydrogen) atoms. The van der Waals surface area contributed by atoms with Crippen molar-refractivity contribution in [2.75, 3.05) is 6.61 Å². The number of rotatable bonds is 7. The number of benzene rings is 2. The monoisotopic (exact) mass is 578 g/mol. The predicted octanol–water partition coefficient (Wildman–Crippen LogP) is 1.43. The van der Waals surface area contributed by atoms with Gasteiger partial charge in [0.15, 0.2) is 0 Å². The molecule has 3 saturated carbocycles. The average molecular weight is 579 g/mol. The van der Waals surface area contributed by atoms with Gasteiger partial charge in [0.05, 0.1) is 0 Å². The van der Waals surface area contributed by atoms with Gasteiger partial charge in [0.1, 0.15) is 0 Å². The average Bonchev–Trinajstić information content (AvgIpc) is 3.56. The molecule has 2 aromatic rings. The first-order valence-corrected chi connectivity index (χ1v) is 14.6. The van der Waals surface area contributed by atoms with Crippen molar-refractivity contribution in [2.24, 2.45) is 5.92 Å². The maximum atomic E-state index is 6.46. The molecule has 0 radical (unpaired) electrons. The van der Waals surface area contributed by atoms with E-state index in [1.165, 1.54) is 87.0 Å². The minimum absolute atomic E-state index is 0. The van der Waals surface area contributed by atoms with Crippen LogP contribution in [0.2, 0.25) is 0 Å². The summed E-state index contributed by atoms with van der Waals surface area (Å²) in [6, 6.07) is 15.3. The fourth-order valence-corrected chi connectivity index (χ4v) is 11.6. The standard InChI is InChI=1S/C27H35OP.2ClH.Ru/c1-2-9-23-18-21(16-17-22(23)8-1)19-28-20-24-10-7-15-27(24)29(25-11-3-4-12-25)26-13-5-6-14-26;;;/h1-2,8-9,16-18,24-27H,3-7,10-15,20H2;2*1H;/q;;;+2/p-2. The number of hydrogen-bond acceptors (Lipinski definition) is 1. The first-order chi connectivity index (χ1) is 14.8. The zero-order valence-electron chi connectivity index (χ0n) is 18.8. The van der Waals surface area contributed by atoms with Crippen LogP contribution >= 0.6 is 7.92 Å². The molecule has 2 atom stereocenters. The normalized spacial score (nSPS) is 24.0. The van der Waals surface area contributed by atoms with E-state index in [4.69, 9.17) is 4.74 Å². The summed E-state index contributed by atoms with van der Waals surface area (Å²) < 4.78 is 7.50. The number of hydrogen-bond donors (Lipinski definition) is 0. The van der Waals surface area contributed by atoms with Crippen molar-refractivity contribution in [3.05, 3.63) is 48.0 Å². The quantitative estimate of drug-likeness (QED) is 0.357. The van der Waals surface area contributed by atoms with Crippen molar-refractivity contribution in [1.29, 1.82) is 0 Å². The number of ether oxygens (including phenoxy) is 1. The second-order valence-corrected chi connectivity index (χ2v) is 13.5. The van der Waals surface area contributed by atoms with Crippen molar-refractivity contribution in [3.63, 3.8) is 0 Å². The molecule has 5 rings (SSSR count). The van der Waals surface area contributed by atoms with E-state index in [1.54, 1.807) is 0 Å². The van der Waals surface area contributed by atoms with Crippen molar-refractivity contribution < 1.29 is 47.4 Å². The van der Waals surface area contributed by atoms with Gasteiger partial charge in [-0.2, -0.15) is 0 Å². The van der Waals surface area contributed by atoms with Crippen LogP contribution in [0.3, 0.4) is 0 Å². The summed E-state index contributed by atoms with van der Waals surface area (Å²) in [7, 11) is 0.193. The summed E-state index contributed by atoms with van der Waals surface area (Å²) >= 11 is 2.77. The van der Waals surface area contributed by atoms with Crippen molar-refractivity contribution in [3.8, 4) is 0 Å². The summed E-state index contributed by atoms with van der Waals surface area (Å²) in [5.41, 5.74) is 4.35. The molecule has 0 amide bonds. The van der Waals surface area contributed by atoms with Gasteiger partial charge in [-0.3, -0.25) is 0 Å². The number of fused-ring (bicyclic) bond motifs is 1. The van der Waals surface area contributed by atoms with Crippen LogP contribution < -0.4 is 24.8 Å². The Balaban J connectivity index is 0.00000144. The second-order valence-electron chi connectivity index (χ2n) is 9.72. The molecule has 3 aliphatic carbocycles. The first kappa shape index (κ1) is 26.8. The molecule has 2 unspecified atom stereocenters. The Morgan fingerprint density at radius 3 is 2.06 bits per heavy atom. The SMILES string of the molecule is [Cl-].[Cl-].[Ru+2]=[C](OCC1CCCC1P(C1CCCC1)C1CCCC1)c1ccc2ccccc2c1. The van der Waals surface area contributed by atoms with Crippen molar-refractivity contribution in [1.82, 2.24) is 0 Å². The van der Waals surface area contributed by atoms with Gasteiger partial charge in [0.25, 0.3) is 0 Å². The van der Waals surface area contributed by atoms with Gasteiger partial charge in [-0.1, -0.05) is 0 Å². The van der Waals surface area contributed by atoms with Gasteiger partial charge in [-0.25, -0.2) is 0 Å². The van der Waals surface area contributed by atoms with Crippen LogP contribution in [0, 0.1) is 5.92 Å². The Kier molecular flexibility index (Phi) is 10.7. The molecule has 3 aliphatic rings. The molecule has 0 N–H and O–H groups in total. The Morgan fingerprint density at radius 2 is 1.41 bits per heavy atom. The van der Waals surface area contributed by atoms with Crippen molar-refractivity contribution in [2.45, 2.75) is 87.6 Å². The molecule has 0 bridgehead atoms. The fraction of sp³-hybridized carbons (Fsp3) is 0.593. The van der Waals surface area contributed by atoms with E-state index < -0.39 is 0 Å². The van der Waals surface area contributed by atoms with Crippen LogP contribution in [0.25, 0.3) is 10.8 Å². The summed E-state index contributed by atoms with van der Waals surface area (Å²) in [6.45, 7) is 0.929. The molecule has 2 aromatic carbocycles. The first-order valence-electron chi connectivity index (χ1n) is 12.2. The van der Waals surface area contributed by atoms with Gasteiger partial charge in [0, 0.05) is 0 Å². The molecule has 0 aliphatic heterocycles. The van der Waals surface area contributed by atoms with Gasteiger partial charge in [0.2, 0.25) is 0 Å². The van der Waals surface area contributed by atoms with E-state index in [1.807, 2.05) is 0 Å². The molecule has 0 saturated heterocycles. The van der Waals surface area contributed by atoms with E-state index in [0.717, 1.165) is 33.8 Å². The second kappa shape index (κ2) is 12.7. The van der Waals surface area contributed by atoms with Gasteiger partial charge in [-0.05, 0) is 0 Å². The molecule has 5 heteroatoms. The van der Waals surface area contributed by atoms with Crippen LogP contribution in [0.4, 0.5) is 0 Å². The van der Waals surface area contributed by atoms with E-state index in [0.29, 0.717) is 0 Å². The molecular formula is C27H35Cl2OPRu. The Hall–Kier alpha value is 0.163. The third kappa shape index (κ3) is 6.04. The zero-order chi connectivity index (χ0) is 20.3. The minimum atomic E-state index is 0. The Morgan fingerprint density at radius 1 is 0.781 bits per heavy atom. The van der Waals surface area contributed by atoms with Gasteiger partial charge < -0.3 is 24.8 Å². The van der Waals surface area contributed by atoms with E-state index >= 15 is 0 Å². The van der Waals surface area contributed by atoms with Gasteiger partial charge >= 0.3 is 194 Å². The van der Waals surface area contributed by atoms with Crippen molar-refractivity contribution >= 4 is 23.0 Å². The van der Waals surface area contributed by atoms with Crippen LogP contribution in [0.5, 0.6) is 0 Å². The van der Waals surface area contributed by atoms with E-state index in [-0.39, 0.29) is 32.7 Å². The summed E-state index contributed by atoms with van der Waals surface area (Å²) in [5.74, 6) is 0.788.